The van der Waals surface area contributed by atoms with Crippen molar-refractivity contribution in [2.24, 2.45) is 5.92 Å². The molecular weight excluding hydrogens is 220 g/mol. The van der Waals surface area contributed by atoms with E-state index in [1.54, 1.807) is 18.0 Å². The average molecular weight is 234 g/mol. The molecule has 0 aliphatic carbocycles. The molecule has 0 saturated carbocycles. The third-order valence-electron chi connectivity index (χ3n) is 2.34. The van der Waals surface area contributed by atoms with Gasteiger partial charge in [0, 0.05) is 22.6 Å². The van der Waals surface area contributed by atoms with Crippen molar-refractivity contribution in [1.29, 1.82) is 0 Å². The van der Waals surface area contributed by atoms with Gasteiger partial charge in [0.15, 0.2) is 0 Å². The molecule has 3 nitrogen and oxygen atoms in total. The Morgan fingerprint density at radius 3 is 3.00 bits per heavy atom. The Hall–Kier alpha value is -1.13. The molecule has 0 spiro atoms. The van der Waals surface area contributed by atoms with Crippen LogP contribution in [0.1, 0.15) is 6.92 Å². The molecule has 16 heavy (non-hydrogen) atoms. The van der Waals surface area contributed by atoms with E-state index in [9.17, 15) is 0 Å². The number of aliphatic hydroxyl groups is 1. The summed E-state index contributed by atoms with van der Waals surface area (Å²) in [4.78, 5) is 1.13. The summed E-state index contributed by atoms with van der Waals surface area (Å²) in [7, 11) is 0. The first kappa shape index (κ1) is 11.4. The summed E-state index contributed by atoms with van der Waals surface area (Å²) >= 11 is 1.72. The Morgan fingerprint density at radius 2 is 2.19 bits per heavy atom. The molecule has 1 aromatic carbocycles. The molecule has 0 fully saturated rings. The third-order valence-corrected chi connectivity index (χ3v) is 3.72. The van der Waals surface area contributed by atoms with Crippen LogP contribution < -0.4 is 0 Å². The number of nitrogens with zero attached hydrogens (tertiary/aromatic N) is 2. The van der Waals surface area contributed by atoms with E-state index in [1.165, 1.54) is 0 Å². The molecule has 4 heteroatoms. The van der Waals surface area contributed by atoms with E-state index in [4.69, 9.17) is 5.11 Å². The SMILES string of the molecule is CC(CO)CSc1cnnc2ccccc12. The van der Waals surface area contributed by atoms with Crippen molar-refractivity contribution in [1.82, 2.24) is 10.2 Å². The molecule has 0 amide bonds. The van der Waals surface area contributed by atoms with Crippen LogP contribution in [-0.2, 0) is 0 Å². The van der Waals surface area contributed by atoms with Gasteiger partial charge in [-0.05, 0) is 12.0 Å². The lowest BCUT2D eigenvalue weighted by Gasteiger charge is -2.08. The van der Waals surface area contributed by atoms with Crippen molar-refractivity contribution in [3.05, 3.63) is 30.5 Å². The first-order valence-corrected chi connectivity index (χ1v) is 6.24. The Balaban J connectivity index is 2.23. The molecule has 0 aliphatic rings. The van der Waals surface area contributed by atoms with Crippen molar-refractivity contribution < 1.29 is 5.11 Å². The minimum Gasteiger partial charge on any atom is -0.396 e. The Labute approximate surface area is 98.9 Å². The van der Waals surface area contributed by atoms with Gasteiger partial charge < -0.3 is 5.11 Å². The molecule has 2 aromatic rings. The van der Waals surface area contributed by atoms with E-state index in [0.29, 0.717) is 5.92 Å². The van der Waals surface area contributed by atoms with E-state index in [1.807, 2.05) is 25.1 Å². The van der Waals surface area contributed by atoms with Gasteiger partial charge in [-0.1, -0.05) is 25.1 Å². The maximum atomic E-state index is 8.98. The fourth-order valence-corrected chi connectivity index (χ4v) is 2.40. The zero-order valence-corrected chi connectivity index (χ0v) is 9.94. The highest BCUT2D eigenvalue weighted by molar-refractivity contribution is 7.99. The number of hydrogen-bond donors (Lipinski definition) is 1. The molecule has 84 valence electrons. The maximum absolute atomic E-state index is 8.98. The molecular formula is C12H14N2OS. The van der Waals surface area contributed by atoms with Crippen LogP contribution in [0.3, 0.4) is 0 Å². The van der Waals surface area contributed by atoms with Gasteiger partial charge >= 0.3 is 0 Å². The van der Waals surface area contributed by atoms with E-state index in [2.05, 4.69) is 16.3 Å². The number of fused-ring (bicyclic) bond motifs is 1. The third kappa shape index (κ3) is 2.51. The van der Waals surface area contributed by atoms with Crippen molar-refractivity contribution in [2.45, 2.75) is 11.8 Å². The minimum absolute atomic E-state index is 0.226. The van der Waals surface area contributed by atoms with Crippen molar-refractivity contribution in [3.8, 4) is 0 Å². The fraction of sp³-hybridized carbons (Fsp3) is 0.333. The molecule has 0 bridgehead atoms. The van der Waals surface area contributed by atoms with Crippen LogP contribution in [0.4, 0.5) is 0 Å². The van der Waals surface area contributed by atoms with E-state index >= 15 is 0 Å². The van der Waals surface area contributed by atoms with Gasteiger partial charge in [0.2, 0.25) is 0 Å². The lowest BCUT2D eigenvalue weighted by molar-refractivity contribution is 0.250. The van der Waals surface area contributed by atoms with Gasteiger partial charge in [0.1, 0.15) is 0 Å². The van der Waals surface area contributed by atoms with Crippen molar-refractivity contribution >= 4 is 22.7 Å². The molecule has 2 rings (SSSR count). The summed E-state index contributed by atoms with van der Waals surface area (Å²) < 4.78 is 0. The van der Waals surface area contributed by atoms with Crippen LogP contribution in [0.2, 0.25) is 0 Å². The number of hydrogen-bond acceptors (Lipinski definition) is 4. The van der Waals surface area contributed by atoms with Gasteiger partial charge in [-0.2, -0.15) is 10.2 Å². The number of rotatable bonds is 4. The summed E-state index contributed by atoms with van der Waals surface area (Å²) in [5, 5.41) is 18.2. The second kappa shape index (κ2) is 5.27. The highest BCUT2D eigenvalue weighted by Gasteiger charge is 2.05. The molecule has 1 unspecified atom stereocenters. The average Bonchev–Trinajstić information content (AvgIpc) is 2.35. The number of aliphatic hydroxyl groups excluding tert-OH is 1. The van der Waals surface area contributed by atoms with Gasteiger partial charge in [-0.3, -0.25) is 0 Å². The lowest BCUT2D eigenvalue weighted by atomic mass is 10.2. The second-order valence-corrected chi connectivity index (χ2v) is 4.89. The lowest BCUT2D eigenvalue weighted by Crippen LogP contribution is -2.03. The predicted octanol–water partition coefficient (Wildman–Crippen LogP) is 2.35. The maximum Gasteiger partial charge on any atom is 0.0940 e. The normalized spacial score (nSPS) is 12.9. The van der Waals surface area contributed by atoms with Gasteiger partial charge in [-0.15, -0.1) is 11.8 Å². The van der Waals surface area contributed by atoms with Crippen LogP contribution in [0.5, 0.6) is 0 Å². The van der Waals surface area contributed by atoms with Crippen LogP contribution in [-0.4, -0.2) is 27.7 Å². The summed E-state index contributed by atoms with van der Waals surface area (Å²) in [5.41, 5.74) is 0.921. The van der Waals surface area contributed by atoms with Crippen LogP contribution in [0, 0.1) is 5.92 Å². The Bertz CT molecular complexity index is 470. The summed E-state index contributed by atoms with van der Waals surface area (Å²) in [6.07, 6.45) is 1.79. The monoisotopic (exact) mass is 234 g/mol. The van der Waals surface area contributed by atoms with E-state index in [0.717, 1.165) is 21.6 Å². The van der Waals surface area contributed by atoms with Crippen LogP contribution in [0.15, 0.2) is 35.4 Å². The van der Waals surface area contributed by atoms with E-state index in [-0.39, 0.29) is 6.61 Å². The topological polar surface area (TPSA) is 46.0 Å². The van der Waals surface area contributed by atoms with Crippen LogP contribution >= 0.6 is 11.8 Å². The van der Waals surface area contributed by atoms with Gasteiger partial charge in [0.25, 0.3) is 0 Å². The standard InChI is InChI=1S/C12H14N2OS/c1-9(7-15)8-16-12-6-13-14-11-5-3-2-4-10(11)12/h2-6,9,15H,7-8H2,1H3. The number of benzene rings is 1. The zero-order chi connectivity index (χ0) is 11.4. The van der Waals surface area contributed by atoms with E-state index < -0.39 is 0 Å². The molecule has 1 heterocycles. The molecule has 1 aromatic heterocycles. The summed E-state index contributed by atoms with van der Waals surface area (Å²) in [5.74, 6) is 1.20. The largest absolute Gasteiger partial charge is 0.396 e. The molecule has 0 aliphatic heterocycles. The minimum atomic E-state index is 0.226. The second-order valence-electron chi connectivity index (χ2n) is 3.82. The van der Waals surface area contributed by atoms with Gasteiger partial charge in [0.05, 0.1) is 11.7 Å². The highest BCUT2D eigenvalue weighted by Crippen LogP contribution is 2.26. The van der Waals surface area contributed by atoms with Crippen LogP contribution in [0.25, 0.3) is 10.9 Å². The molecule has 1 atom stereocenters. The van der Waals surface area contributed by atoms with Crippen molar-refractivity contribution in [2.75, 3.05) is 12.4 Å². The Kier molecular flexibility index (Phi) is 3.74. The number of thioether (sulfide) groups is 1. The Morgan fingerprint density at radius 1 is 1.38 bits per heavy atom. The fourth-order valence-electron chi connectivity index (χ4n) is 1.38. The highest BCUT2D eigenvalue weighted by atomic mass is 32.2. The molecule has 0 saturated heterocycles. The summed E-state index contributed by atoms with van der Waals surface area (Å²) in [6, 6.07) is 7.98. The predicted molar refractivity (Wildman–Crippen MR) is 66.5 cm³/mol. The molecule has 0 radical (unpaired) electrons. The smallest absolute Gasteiger partial charge is 0.0940 e. The quantitative estimate of drug-likeness (QED) is 0.825. The first-order valence-electron chi connectivity index (χ1n) is 5.25. The van der Waals surface area contributed by atoms with Crippen molar-refractivity contribution in [3.63, 3.8) is 0 Å². The zero-order valence-electron chi connectivity index (χ0n) is 9.13. The summed E-state index contributed by atoms with van der Waals surface area (Å²) in [6.45, 7) is 2.26. The van der Waals surface area contributed by atoms with Gasteiger partial charge in [-0.25, -0.2) is 0 Å². The number of aromatic nitrogens is 2. The molecule has 1 N–H and O–H groups in total. The first-order chi connectivity index (χ1) is 7.81.